The summed E-state index contributed by atoms with van der Waals surface area (Å²) < 4.78 is 7.70. The number of rotatable bonds is 4. The highest BCUT2D eigenvalue weighted by Crippen LogP contribution is 2.27. The highest BCUT2D eigenvalue weighted by molar-refractivity contribution is 5.78. The molecule has 0 spiro atoms. The lowest BCUT2D eigenvalue weighted by atomic mass is 9.96. The molecule has 114 valence electrons. The third-order valence-electron chi connectivity index (χ3n) is 4.36. The SMILES string of the molecule is COc1ccc2c(c1)nc(CC1CCCNC1)n2C(C)C. The minimum atomic E-state index is 0.426. The first-order valence-corrected chi connectivity index (χ1v) is 7.94. The van der Waals surface area contributed by atoms with Gasteiger partial charge in [-0.2, -0.15) is 0 Å². The van der Waals surface area contributed by atoms with Crippen LogP contribution in [-0.2, 0) is 6.42 Å². The van der Waals surface area contributed by atoms with Crippen molar-refractivity contribution >= 4 is 11.0 Å². The lowest BCUT2D eigenvalue weighted by molar-refractivity contribution is 0.364. The molecular weight excluding hydrogens is 262 g/mol. The van der Waals surface area contributed by atoms with Crippen molar-refractivity contribution in [3.8, 4) is 5.75 Å². The van der Waals surface area contributed by atoms with Gasteiger partial charge in [-0.25, -0.2) is 4.98 Å². The van der Waals surface area contributed by atoms with E-state index in [1.165, 1.54) is 24.2 Å². The van der Waals surface area contributed by atoms with Gasteiger partial charge in [0.15, 0.2) is 0 Å². The van der Waals surface area contributed by atoms with E-state index in [1.54, 1.807) is 7.11 Å². The molecule has 2 heterocycles. The van der Waals surface area contributed by atoms with E-state index in [4.69, 9.17) is 9.72 Å². The van der Waals surface area contributed by atoms with Gasteiger partial charge in [0.2, 0.25) is 0 Å². The zero-order valence-electron chi connectivity index (χ0n) is 13.2. The Labute approximate surface area is 126 Å². The molecule has 0 aliphatic carbocycles. The lowest BCUT2D eigenvalue weighted by Crippen LogP contribution is -2.31. The van der Waals surface area contributed by atoms with Crippen LogP contribution in [0.5, 0.6) is 5.75 Å². The number of benzene rings is 1. The molecule has 1 atom stereocenters. The van der Waals surface area contributed by atoms with Gasteiger partial charge < -0.3 is 14.6 Å². The maximum Gasteiger partial charge on any atom is 0.121 e. The number of hydrogen-bond donors (Lipinski definition) is 1. The number of imidazole rings is 1. The number of ether oxygens (including phenoxy) is 1. The fourth-order valence-corrected chi connectivity index (χ4v) is 3.33. The maximum atomic E-state index is 5.32. The van der Waals surface area contributed by atoms with E-state index in [0.29, 0.717) is 12.0 Å². The third kappa shape index (κ3) is 2.91. The van der Waals surface area contributed by atoms with E-state index in [-0.39, 0.29) is 0 Å². The summed E-state index contributed by atoms with van der Waals surface area (Å²) in [5.74, 6) is 2.79. The fraction of sp³-hybridized carbons (Fsp3) is 0.588. The van der Waals surface area contributed by atoms with Crippen LogP contribution in [-0.4, -0.2) is 29.8 Å². The molecule has 21 heavy (non-hydrogen) atoms. The second-order valence-corrected chi connectivity index (χ2v) is 6.26. The number of nitrogens with zero attached hydrogens (tertiary/aromatic N) is 2. The van der Waals surface area contributed by atoms with Gasteiger partial charge in [-0.05, 0) is 57.8 Å². The molecule has 0 radical (unpaired) electrons. The summed E-state index contributed by atoms with van der Waals surface area (Å²) in [5, 5.41) is 3.50. The molecule has 0 amide bonds. The largest absolute Gasteiger partial charge is 0.497 e. The molecule has 4 heteroatoms. The van der Waals surface area contributed by atoms with Gasteiger partial charge in [0.05, 0.1) is 18.1 Å². The van der Waals surface area contributed by atoms with Gasteiger partial charge in [0.1, 0.15) is 11.6 Å². The minimum absolute atomic E-state index is 0.426. The van der Waals surface area contributed by atoms with Gasteiger partial charge in [-0.1, -0.05) is 0 Å². The van der Waals surface area contributed by atoms with Crippen LogP contribution < -0.4 is 10.1 Å². The van der Waals surface area contributed by atoms with Crippen molar-refractivity contribution in [2.75, 3.05) is 20.2 Å². The predicted molar refractivity (Wildman–Crippen MR) is 86.0 cm³/mol. The van der Waals surface area contributed by atoms with E-state index >= 15 is 0 Å². The van der Waals surface area contributed by atoms with Crippen LogP contribution >= 0.6 is 0 Å². The minimum Gasteiger partial charge on any atom is -0.497 e. The van der Waals surface area contributed by atoms with Crippen molar-refractivity contribution < 1.29 is 4.74 Å². The molecular formula is C17H25N3O. The summed E-state index contributed by atoms with van der Waals surface area (Å²) in [6, 6.07) is 6.62. The number of fused-ring (bicyclic) bond motifs is 1. The Kier molecular flexibility index (Phi) is 4.15. The van der Waals surface area contributed by atoms with Crippen molar-refractivity contribution in [3.63, 3.8) is 0 Å². The van der Waals surface area contributed by atoms with Crippen LogP contribution in [0.1, 0.15) is 38.6 Å². The fourth-order valence-electron chi connectivity index (χ4n) is 3.33. The van der Waals surface area contributed by atoms with E-state index in [1.807, 2.05) is 12.1 Å². The maximum absolute atomic E-state index is 5.32. The summed E-state index contributed by atoms with van der Waals surface area (Å²) in [6.07, 6.45) is 3.64. The Bertz CT molecular complexity index is 612. The molecule has 1 unspecified atom stereocenters. The number of hydrogen-bond acceptors (Lipinski definition) is 3. The Morgan fingerprint density at radius 1 is 1.43 bits per heavy atom. The topological polar surface area (TPSA) is 39.1 Å². The third-order valence-corrected chi connectivity index (χ3v) is 4.36. The van der Waals surface area contributed by atoms with E-state index in [0.717, 1.165) is 30.8 Å². The van der Waals surface area contributed by atoms with Crippen LogP contribution in [0.3, 0.4) is 0 Å². The Hall–Kier alpha value is -1.55. The molecule has 1 saturated heterocycles. The van der Waals surface area contributed by atoms with Crippen molar-refractivity contribution in [1.82, 2.24) is 14.9 Å². The first kappa shape index (κ1) is 14.4. The molecule has 4 nitrogen and oxygen atoms in total. The molecule has 0 saturated carbocycles. The average molecular weight is 287 g/mol. The lowest BCUT2D eigenvalue weighted by Gasteiger charge is -2.23. The standard InChI is InChI=1S/C17H25N3O/c1-12(2)20-16-7-6-14(21-3)10-15(16)19-17(20)9-13-5-4-8-18-11-13/h6-7,10,12-13,18H,4-5,8-9,11H2,1-3H3. The Morgan fingerprint density at radius 2 is 2.29 bits per heavy atom. The average Bonchev–Trinajstić information content (AvgIpc) is 2.85. The number of aromatic nitrogens is 2. The van der Waals surface area contributed by atoms with Crippen LogP contribution in [0.25, 0.3) is 11.0 Å². The quantitative estimate of drug-likeness (QED) is 0.939. The summed E-state index contributed by atoms with van der Waals surface area (Å²) in [7, 11) is 1.70. The molecule has 0 bridgehead atoms. The molecule has 1 N–H and O–H groups in total. The second-order valence-electron chi connectivity index (χ2n) is 6.26. The van der Waals surface area contributed by atoms with Crippen molar-refractivity contribution in [2.24, 2.45) is 5.92 Å². The van der Waals surface area contributed by atoms with Crippen molar-refractivity contribution in [2.45, 2.75) is 39.2 Å². The molecule has 1 fully saturated rings. The summed E-state index contributed by atoms with van der Waals surface area (Å²) in [5.41, 5.74) is 2.26. The highest BCUT2D eigenvalue weighted by Gasteiger charge is 2.19. The summed E-state index contributed by atoms with van der Waals surface area (Å²) in [6.45, 7) is 6.74. The van der Waals surface area contributed by atoms with E-state index in [2.05, 4.69) is 29.8 Å². The van der Waals surface area contributed by atoms with E-state index in [9.17, 15) is 0 Å². The summed E-state index contributed by atoms with van der Waals surface area (Å²) in [4.78, 5) is 4.89. The molecule has 1 aliphatic heterocycles. The predicted octanol–water partition coefficient (Wildman–Crippen LogP) is 3.17. The van der Waals surface area contributed by atoms with Gasteiger partial charge in [-0.3, -0.25) is 0 Å². The number of piperidine rings is 1. The molecule has 2 aromatic rings. The smallest absolute Gasteiger partial charge is 0.121 e. The van der Waals surface area contributed by atoms with E-state index < -0.39 is 0 Å². The first-order chi connectivity index (χ1) is 10.2. The first-order valence-electron chi connectivity index (χ1n) is 7.94. The van der Waals surface area contributed by atoms with Crippen LogP contribution in [0.15, 0.2) is 18.2 Å². The van der Waals surface area contributed by atoms with Crippen molar-refractivity contribution in [1.29, 1.82) is 0 Å². The Morgan fingerprint density at radius 3 is 2.95 bits per heavy atom. The summed E-state index contributed by atoms with van der Waals surface area (Å²) >= 11 is 0. The molecule has 3 rings (SSSR count). The van der Waals surface area contributed by atoms with Crippen LogP contribution in [0.4, 0.5) is 0 Å². The van der Waals surface area contributed by atoms with Gasteiger partial charge in [0, 0.05) is 18.5 Å². The normalized spacial score (nSPS) is 19.3. The zero-order chi connectivity index (χ0) is 14.8. The Balaban J connectivity index is 1.97. The van der Waals surface area contributed by atoms with Gasteiger partial charge in [-0.15, -0.1) is 0 Å². The number of nitrogens with one attached hydrogen (secondary N) is 1. The van der Waals surface area contributed by atoms with Gasteiger partial charge >= 0.3 is 0 Å². The second kappa shape index (κ2) is 6.06. The van der Waals surface area contributed by atoms with Crippen LogP contribution in [0, 0.1) is 5.92 Å². The number of methoxy groups -OCH3 is 1. The monoisotopic (exact) mass is 287 g/mol. The van der Waals surface area contributed by atoms with Crippen molar-refractivity contribution in [3.05, 3.63) is 24.0 Å². The molecule has 1 aromatic carbocycles. The highest BCUT2D eigenvalue weighted by atomic mass is 16.5. The molecule has 1 aromatic heterocycles. The van der Waals surface area contributed by atoms with Gasteiger partial charge in [0.25, 0.3) is 0 Å². The van der Waals surface area contributed by atoms with Crippen LogP contribution in [0.2, 0.25) is 0 Å². The molecule has 1 aliphatic rings. The zero-order valence-corrected chi connectivity index (χ0v) is 13.2.